The minimum absolute atomic E-state index is 0.0173. The first-order chi connectivity index (χ1) is 8.24. The smallest absolute Gasteiger partial charge is 0.232 e. The highest BCUT2D eigenvalue weighted by molar-refractivity contribution is 7.23. The van der Waals surface area contributed by atoms with Gasteiger partial charge in [0.05, 0.1) is 10.6 Å². The molecule has 3 aromatic rings. The van der Waals surface area contributed by atoms with Crippen LogP contribution in [0.25, 0.3) is 20.5 Å². The van der Waals surface area contributed by atoms with Crippen LogP contribution in [0.2, 0.25) is 0 Å². The third kappa shape index (κ3) is 1.92. The lowest BCUT2D eigenvalue weighted by Gasteiger charge is -1.88. The van der Waals surface area contributed by atoms with Gasteiger partial charge in [0.25, 0.3) is 0 Å². The lowest BCUT2D eigenvalue weighted by atomic mass is 10.4. The average molecular weight is 281 g/mol. The fourth-order valence-corrected chi connectivity index (χ4v) is 3.72. The van der Waals surface area contributed by atoms with E-state index < -0.39 is 0 Å². The van der Waals surface area contributed by atoms with Crippen LogP contribution in [-0.4, -0.2) is 15.1 Å². The summed E-state index contributed by atoms with van der Waals surface area (Å²) in [6.07, 6.45) is 0. The Morgan fingerprint density at radius 2 is 2.12 bits per heavy atom. The summed E-state index contributed by atoms with van der Waals surface area (Å²) >= 11 is 4.37. The predicted molar refractivity (Wildman–Crippen MR) is 72.6 cm³/mol. The first kappa shape index (κ1) is 10.7. The predicted octanol–water partition coefficient (Wildman–Crippen LogP) is 3.28. The number of hydrogen-bond acceptors (Lipinski definition) is 7. The Hall–Kier alpha value is -1.44. The molecule has 86 valence electrons. The molecule has 3 rings (SSSR count). The lowest BCUT2D eigenvalue weighted by molar-refractivity contribution is 0.459. The van der Waals surface area contributed by atoms with E-state index in [4.69, 9.17) is 5.73 Å². The molecular weight excluding hydrogens is 274 g/mol. The van der Waals surface area contributed by atoms with Crippen LogP contribution in [0.5, 0.6) is 5.88 Å². The molecule has 0 atom stereocenters. The van der Waals surface area contributed by atoms with Gasteiger partial charge in [0.2, 0.25) is 5.88 Å². The molecule has 0 saturated carbocycles. The molecule has 3 N–H and O–H groups in total. The summed E-state index contributed by atoms with van der Waals surface area (Å²) in [7, 11) is 0. The molecular formula is C10H7N3OS3. The third-order valence-electron chi connectivity index (χ3n) is 2.10. The molecule has 0 aliphatic heterocycles. The number of anilines is 1. The zero-order valence-electron chi connectivity index (χ0n) is 8.45. The maximum Gasteiger partial charge on any atom is 0.232 e. The molecule has 0 radical (unpaired) electrons. The van der Waals surface area contributed by atoms with E-state index in [1.807, 2.05) is 22.9 Å². The summed E-state index contributed by atoms with van der Waals surface area (Å²) in [4.78, 5) is 10.0. The van der Waals surface area contributed by atoms with Gasteiger partial charge in [-0.1, -0.05) is 6.07 Å². The van der Waals surface area contributed by atoms with Crippen LogP contribution in [0, 0.1) is 0 Å². The molecule has 0 bridgehead atoms. The number of nitrogen functional groups attached to an aromatic ring is 1. The van der Waals surface area contributed by atoms with Gasteiger partial charge in [-0.05, 0) is 11.4 Å². The number of nitrogens with two attached hydrogens (primary N) is 1. The molecule has 0 saturated heterocycles. The van der Waals surface area contributed by atoms with E-state index in [2.05, 4.69) is 9.97 Å². The Bertz CT molecular complexity index is 642. The van der Waals surface area contributed by atoms with E-state index in [0.717, 1.165) is 9.88 Å². The summed E-state index contributed by atoms with van der Waals surface area (Å²) in [5, 5.41) is 14.9. The summed E-state index contributed by atoms with van der Waals surface area (Å²) in [5.41, 5.74) is 6.26. The van der Waals surface area contributed by atoms with Crippen LogP contribution < -0.4 is 5.73 Å². The molecule has 0 aliphatic carbocycles. The van der Waals surface area contributed by atoms with Crippen molar-refractivity contribution in [2.45, 2.75) is 0 Å². The van der Waals surface area contributed by atoms with Crippen molar-refractivity contribution in [3.05, 3.63) is 22.9 Å². The Balaban J connectivity index is 2.07. The third-order valence-corrected chi connectivity index (χ3v) is 4.88. The number of aromatic nitrogens is 2. The largest absolute Gasteiger partial charge is 0.492 e. The van der Waals surface area contributed by atoms with Crippen molar-refractivity contribution >= 4 is 39.1 Å². The SMILES string of the molecule is Nc1nc(-c2sc(-c3cccs3)nc2O)cs1. The molecule has 17 heavy (non-hydrogen) atoms. The first-order valence-electron chi connectivity index (χ1n) is 4.69. The summed E-state index contributed by atoms with van der Waals surface area (Å²) in [6, 6.07) is 3.93. The average Bonchev–Trinajstić information content (AvgIpc) is 2.97. The van der Waals surface area contributed by atoms with Crippen LogP contribution in [0.1, 0.15) is 0 Å². The van der Waals surface area contributed by atoms with Crippen LogP contribution in [0.15, 0.2) is 22.9 Å². The summed E-state index contributed by atoms with van der Waals surface area (Å²) in [5.74, 6) is 0.0173. The van der Waals surface area contributed by atoms with Crippen molar-refractivity contribution in [3.8, 4) is 26.3 Å². The standard InChI is InChI=1S/C10H7N3OS3/c11-10-12-5(4-16-10)7-8(14)13-9(17-7)6-2-1-3-15-6/h1-4,14H,(H2,11,12). The van der Waals surface area contributed by atoms with Gasteiger partial charge in [-0.25, -0.2) is 9.97 Å². The van der Waals surface area contributed by atoms with Crippen molar-refractivity contribution in [3.63, 3.8) is 0 Å². The molecule has 7 heteroatoms. The Labute approximate surface area is 109 Å². The normalized spacial score (nSPS) is 10.8. The van der Waals surface area contributed by atoms with Crippen molar-refractivity contribution in [1.29, 1.82) is 0 Å². The van der Waals surface area contributed by atoms with E-state index in [1.165, 1.54) is 22.7 Å². The van der Waals surface area contributed by atoms with Gasteiger partial charge in [0.15, 0.2) is 5.13 Å². The molecule has 3 aromatic heterocycles. The Kier molecular flexibility index (Phi) is 2.58. The monoisotopic (exact) mass is 281 g/mol. The van der Waals surface area contributed by atoms with Crippen molar-refractivity contribution in [2.75, 3.05) is 5.73 Å². The highest BCUT2D eigenvalue weighted by Gasteiger charge is 2.16. The van der Waals surface area contributed by atoms with Gasteiger partial charge in [-0.2, -0.15) is 0 Å². The maximum atomic E-state index is 9.82. The molecule has 0 amide bonds. The molecule has 0 aromatic carbocycles. The quantitative estimate of drug-likeness (QED) is 0.756. The zero-order valence-corrected chi connectivity index (χ0v) is 10.9. The van der Waals surface area contributed by atoms with Crippen LogP contribution in [-0.2, 0) is 0 Å². The zero-order chi connectivity index (χ0) is 11.8. The number of nitrogens with zero attached hydrogens (tertiary/aromatic N) is 2. The fraction of sp³-hybridized carbons (Fsp3) is 0. The number of thiazole rings is 2. The number of hydrogen-bond donors (Lipinski definition) is 2. The fourth-order valence-electron chi connectivity index (χ4n) is 1.38. The second-order valence-corrected chi connectivity index (χ2v) is 6.06. The van der Waals surface area contributed by atoms with Crippen LogP contribution in [0.4, 0.5) is 5.13 Å². The molecule has 0 unspecified atom stereocenters. The first-order valence-corrected chi connectivity index (χ1v) is 7.26. The lowest BCUT2D eigenvalue weighted by Crippen LogP contribution is -1.81. The second kappa shape index (κ2) is 4.10. The van der Waals surface area contributed by atoms with E-state index >= 15 is 0 Å². The maximum absolute atomic E-state index is 9.82. The van der Waals surface area contributed by atoms with E-state index in [0.29, 0.717) is 15.7 Å². The van der Waals surface area contributed by atoms with Crippen LogP contribution >= 0.6 is 34.0 Å². The summed E-state index contributed by atoms with van der Waals surface area (Å²) < 4.78 is 0. The van der Waals surface area contributed by atoms with E-state index in [1.54, 1.807) is 11.3 Å². The van der Waals surface area contributed by atoms with Gasteiger partial charge in [0, 0.05) is 5.38 Å². The number of rotatable bonds is 2. The van der Waals surface area contributed by atoms with E-state index in [9.17, 15) is 5.11 Å². The number of aromatic hydroxyl groups is 1. The molecule has 4 nitrogen and oxygen atoms in total. The van der Waals surface area contributed by atoms with Crippen molar-refractivity contribution < 1.29 is 5.11 Å². The molecule has 0 spiro atoms. The highest BCUT2D eigenvalue weighted by Crippen LogP contribution is 2.40. The highest BCUT2D eigenvalue weighted by atomic mass is 32.1. The summed E-state index contributed by atoms with van der Waals surface area (Å²) in [6.45, 7) is 0. The van der Waals surface area contributed by atoms with E-state index in [-0.39, 0.29) is 5.88 Å². The molecule has 0 fully saturated rings. The van der Waals surface area contributed by atoms with Gasteiger partial charge >= 0.3 is 0 Å². The van der Waals surface area contributed by atoms with Crippen molar-refractivity contribution in [1.82, 2.24) is 9.97 Å². The second-order valence-electron chi connectivity index (χ2n) is 3.22. The number of thiophene rings is 1. The van der Waals surface area contributed by atoms with Crippen molar-refractivity contribution in [2.24, 2.45) is 0 Å². The minimum Gasteiger partial charge on any atom is -0.492 e. The Morgan fingerprint density at radius 3 is 2.76 bits per heavy atom. The van der Waals surface area contributed by atoms with Crippen LogP contribution in [0.3, 0.4) is 0 Å². The van der Waals surface area contributed by atoms with Gasteiger partial charge in [0.1, 0.15) is 9.88 Å². The topological polar surface area (TPSA) is 72.0 Å². The molecule has 3 heterocycles. The Morgan fingerprint density at radius 1 is 1.24 bits per heavy atom. The minimum atomic E-state index is 0.0173. The molecule has 0 aliphatic rings. The van der Waals surface area contributed by atoms with Gasteiger partial charge in [-0.3, -0.25) is 0 Å². The van der Waals surface area contributed by atoms with Gasteiger partial charge < -0.3 is 10.8 Å². The van der Waals surface area contributed by atoms with Gasteiger partial charge in [-0.15, -0.1) is 34.0 Å².